The fourth-order valence-electron chi connectivity index (χ4n) is 2.16. The lowest BCUT2D eigenvalue weighted by Crippen LogP contribution is -2.39. The van der Waals surface area contributed by atoms with Gasteiger partial charge < -0.3 is 10.6 Å². The molecule has 1 aliphatic rings. The molecule has 1 amide bonds. The van der Waals surface area contributed by atoms with Crippen molar-refractivity contribution in [2.24, 2.45) is 0 Å². The molecule has 2 N–H and O–H groups in total. The van der Waals surface area contributed by atoms with Gasteiger partial charge in [-0.05, 0) is 36.1 Å². The number of thioether (sulfide) groups is 2. The summed E-state index contributed by atoms with van der Waals surface area (Å²) in [7, 11) is 0. The van der Waals surface area contributed by atoms with Gasteiger partial charge in [-0.25, -0.2) is 0 Å². The monoisotopic (exact) mass is 310 g/mol. The van der Waals surface area contributed by atoms with Crippen LogP contribution in [-0.4, -0.2) is 42.0 Å². The molecule has 0 aromatic heterocycles. The summed E-state index contributed by atoms with van der Waals surface area (Å²) in [4.78, 5) is 12.0. The highest BCUT2D eigenvalue weighted by Gasteiger charge is 2.16. The van der Waals surface area contributed by atoms with Crippen LogP contribution < -0.4 is 10.6 Å². The van der Waals surface area contributed by atoms with Crippen molar-refractivity contribution in [2.75, 3.05) is 35.4 Å². The Hall–Kier alpha value is -0.650. The van der Waals surface area contributed by atoms with Crippen molar-refractivity contribution in [1.82, 2.24) is 5.32 Å². The molecular weight excluding hydrogens is 288 g/mol. The Bertz CT molecular complexity index is 416. The predicted octanol–water partition coefficient (Wildman–Crippen LogP) is 2.63. The molecule has 1 atom stereocenters. The first-order valence-corrected chi connectivity index (χ1v) is 9.51. The van der Waals surface area contributed by atoms with E-state index < -0.39 is 0 Å². The van der Waals surface area contributed by atoms with Crippen LogP contribution in [0.15, 0.2) is 24.3 Å². The molecule has 5 heteroatoms. The molecule has 110 valence electrons. The summed E-state index contributed by atoms with van der Waals surface area (Å²) >= 11 is 3.77. The second-order valence-electron chi connectivity index (χ2n) is 4.92. The highest BCUT2D eigenvalue weighted by Crippen LogP contribution is 2.14. The van der Waals surface area contributed by atoms with E-state index in [0.29, 0.717) is 12.5 Å². The van der Waals surface area contributed by atoms with Gasteiger partial charge in [-0.15, -0.1) is 0 Å². The van der Waals surface area contributed by atoms with Crippen molar-refractivity contribution in [1.29, 1.82) is 0 Å². The van der Waals surface area contributed by atoms with Crippen LogP contribution in [0.4, 0.5) is 5.69 Å². The summed E-state index contributed by atoms with van der Waals surface area (Å²) in [6, 6.07) is 8.50. The highest BCUT2D eigenvalue weighted by atomic mass is 32.2. The average molecular weight is 310 g/mol. The Labute approximate surface area is 129 Å². The van der Waals surface area contributed by atoms with Gasteiger partial charge in [0.05, 0.1) is 0 Å². The van der Waals surface area contributed by atoms with Gasteiger partial charge in [0.2, 0.25) is 5.91 Å². The fraction of sp³-hybridized carbons (Fsp3) is 0.533. The molecule has 0 radical (unpaired) electrons. The number of anilines is 1. The molecule has 20 heavy (non-hydrogen) atoms. The average Bonchev–Trinajstić information content (AvgIpc) is 2.47. The van der Waals surface area contributed by atoms with Crippen molar-refractivity contribution in [3.63, 3.8) is 0 Å². The third-order valence-corrected chi connectivity index (χ3v) is 5.01. The van der Waals surface area contributed by atoms with E-state index in [1.54, 1.807) is 0 Å². The van der Waals surface area contributed by atoms with Gasteiger partial charge in [-0.1, -0.05) is 12.1 Å². The van der Waals surface area contributed by atoms with Gasteiger partial charge >= 0.3 is 0 Å². The zero-order chi connectivity index (χ0) is 14.2. The number of aryl methyl sites for hydroxylation is 1. The molecule has 1 fully saturated rings. The molecule has 0 bridgehead atoms. The Balaban J connectivity index is 1.78. The highest BCUT2D eigenvalue weighted by molar-refractivity contribution is 7.99. The Morgan fingerprint density at radius 3 is 2.90 bits per heavy atom. The van der Waals surface area contributed by atoms with E-state index in [1.165, 1.54) is 5.56 Å². The number of hydrogen-bond acceptors (Lipinski definition) is 4. The van der Waals surface area contributed by atoms with Crippen molar-refractivity contribution in [2.45, 2.75) is 18.9 Å². The van der Waals surface area contributed by atoms with E-state index in [2.05, 4.69) is 29.0 Å². The number of carbonyl (C=O) groups is 1. The molecule has 1 unspecified atom stereocenters. The topological polar surface area (TPSA) is 41.1 Å². The van der Waals surface area contributed by atoms with Crippen LogP contribution in [0.1, 0.15) is 12.0 Å². The van der Waals surface area contributed by atoms with Crippen LogP contribution in [-0.2, 0) is 11.2 Å². The van der Waals surface area contributed by atoms with Crippen LogP contribution in [0, 0.1) is 0 Å². The van der Waals surface area contributed by atoms with Gasteiger partial charge in [0.15, 0.2) is 0 Å². The van der Waals surface area contributed by atoms with Crippen LogP contribution in [0.2, 0.25) is 0 Å². The molecule has 1 aliphatic heterocycles. The van der Waals surface area contributed by atoms with E-state index in [1.807, 2.05) is 35.7 Å². The lowest BCUT2D eigenvalue weighted by atomic mass is 10.1. The molecular formula is C15H22N2OS2. The molecule has 1 saturated heterocycles. The maximum atomic E-state index is 12.0. The fourth-order valence-corrected chi connectivity index (χ4v) is 3.55. The number of benzene rings is 1. The van der Waals surface area contributed by atoms with Gasteiger partial charge in [0.25, 0.3) is 0 Å². The second kappa shape index (κ2) is 8.60. The Kier molecular flexibility index (Phi) is 6.76. The van der Waals surface area contributed by atoms with E-state index >= 15 is 0 Å². The zero-order valence-corrected chi connectivity index (χ0v) is 13.5. The van der Waals surface area contributed by atoms with Crippen LogP contribution in [0.5, 0.6) is 0 Å². The smallest absolute Gasteiger partial charge is 0.225 e. The molecule has 2 rings (SSSR count). The standard InChI is InChI=1S/C15H22N2OS2/c1-19-8-6-12-2-4-13(5-3-12)17-15(18)10-14-11-20-9-7-16-14/h2-5,14,16H,6-11H2,1H3,(H,17,18). The molecule has 1 aromatic rings. The largest absolute Gasteiger partial charge is 0.326 e. The lowest BCUT2D eigenvalue weighted by Gasteiger charge is -2.22. The maximum absolute atomic E-state index is 12.0. The summed E-state index contributed by atoms with van der Waals surface area (Å²) in [5.41, 5.74) is 2.22. The van der Waals surface area contributed by atoms with Gasteiger partial charge in [0, 0.05) is 36.2 Å². The number of amides is 1. The van der Waals surface area contributed by atoms with Crippen molar-refractivity contribution < 1.29 is 4.79 Å². The first-order chi connectivity index (χ1) is 9.78. The molecule has 1 aromatic carbocycles. The third-order valence-electron chi connectivity index (χ3n) is 3.26. The molecule has 0 saturated carbocycles. The van der Waals surface area contributed by atoms with Crippen molar-refractivity contribution in [3.8, 4) is 0 Å². The Morgan fingerprint density at radius 1 is 1.45 bits per heavy atom. The lowest BCUT2D eigenvalue weighted by molar-refractivity contribution is -0.116. The summed E-state index contributed by atoms with van der Waals surface area (Å²) in [6.07, 6.45) is 3.76. The minimum Gasteiger partial charge on any atom is -0.326 e. The molecule has 1 heterocycles. The van der Waals surface area contributed by atoms with E-state index in [9.17, 15) is 4.79 Å². The van der Waals surface area contributed by atoms with E-state index in [0.717, 1.165) is 35.9 Å². The molecule has 0 spiro atoms. The predicted molar refractivity (Wildman–Crippen MR) is 90.9 cm³/mol. The molecule has 0 aliphatic carbocycles. The summed E-state index contributed by atoms with van der Waals surface area (Å²) < 4.78 is 0. The summed E-state index contributed by atoms with van der Waals surface area (Å²) in [5, 5.41) is 6.36. The van der Waals surface area contributed by atoms with Crippen LogP contribution in [0.3, 0.4) is 0 Å². The van der Waals surface area contributed by atoms with Crippen molar-refractivity contribution in [3.05, 3.63) is 29.8 Å². The number of nitrogens with one attached hydrogen (secondary N) is 2. The summed E-state index contributed by atoms with van der Waals surface area (Å²) in [6.45, 7) is 1.01. The van der Waals surface area contributed by atoms with Crippen LogP contribution in [0.25, 0.3) is 0 Å². The first-order valence-electron chi connectivity index (χ1n) is 6.97. The molecule has 3 nitrogen and oxygen atoms in total. The SMILES string of the molecule is CSCCc1ccc(NC(=O)CC2CSCCN2)cc1. The van der Waals surface area contributed by atoms with Gasteiger partial charge in [0.1, 0.15) is 0 Å². The number of carbonyl (C=O) groups excluding carboxylic acids is 1. The van der Waals surface area contributed by atoms with E-state index in [4.69, 9.17) is 0 Å². The van der Waals surface area contributed by atoms with E-state index in [-0.39, 0.29) is 5.91 Å². The minimum absolute atomic E-state index is 0.0989. The first kappa shape index (κ1) is 15.7. The van der Waals surface area contributed by atoms with Gasteiger partial charge in [-0.2, -0.15) is 23.5 Å². The second-order valence-corrected chi connectivity index (χ2v) is 7.05. The quantitative estimate of drug-likeness (QED) is 0.847. The third kappa shape index (κ3) is 5.38. The zero-order valence-electron chi connectivity index (χ0n) is 11.9. The Morgan fingerprint density at radius 2 is 2.25 bits per heavy atom. The summed E-state index contributed by atoms with van der Waals surface area (Å²) in [5.74, 6) is 3.41. The maximum Gasteiger partial charge on any atom is 0.225 e. The van der Waals surface area contributed by atoms with Crippen molar-refractivity contribution >= 4 is 35.1 Å². The normalized spacial score (nSPS) is 18.8. The number of rotatable bonds is 6. The van der Waals surface area contributed by atoms with Gasteiger partial charge in [-0.3, -0.25) is 4.79 Å². The number of hydrogen-bond donors (Lipinski definition) is 2. The minimum atomic E-state index is 0.0989. The van der Waals surface area contributed by atoms with Crippen LogP contribution >= 0.6 is 23.5 Å².